The van der Waals surface area contributed by atoms with Gasteiger partial charge in [0.2, 0.25) is 0 Å². The molecule has 0 amide bonds. The maximum atomic E-state index is 12.2. The van der Waals surface area contributed by atoms with Crippen LogP contribution in [-0.2, 0) is 9.53 Å². The van der Waals surface area contributed by atoms with Gasteiger partial charge in [0.05, 0.1) is 0 Å². The van der Waals surface area contributed by atoms with Crippen LogP contribution in [0.15, 0.2) is 12.2 Å². The van der Waals surface area contributed by atoms with Crippen molar-refractivity contribution in [3.05, 3.63) is 12.2 Å². The van der Waals surface area contributed by atoms with E-state index in [0.29, 0.717) is 5.57 Å². The fourth-order valence-corrected chi connectivity index (χ4v) is 7.59. The van der Waals surface area contributed by atoms with Crippen molar-refractivity contribution < 1.29 is 9.53 Å². The molecule has 0 aromatic rings. The van der Waals surface area contributed by atoms with Gasteiger partial charge in [0.15, 0.2) is 0 Å². The van der Waals surface area contributed by atoms with E-state index in [9.17, 15) is 4.79 Å². The summed E-state index contributed by atoms with van der Waals surface area (Å²) in [6, 6.07) is 0. The highest BCUT2D eigenvalue weighted by Gasteiger charge is 2.14. The van der Waals surface area contributed by atoms with E-state index in [2.05, 4.69) is 20.4 Å². The largest absolute Gasteiger partial charge is 0.459 e. The number of ether oxygens (including phenoxy) is 1. The van der Waals surface area contributed by atoms with Crippen molar-refractivity contribution in [1.29, 1.82) is 0 Å². The number of esters is 1. The molecular weight excluding hydrogens is 609 g/mol. The number of rotatable bonds is 43. The Morgan fingerprint density at radius 1 is 0.360 bits per heavy atom. The van der Waals surface area contributed by atoms with Crippen LogP contribution in [0.5, 0.6) is 0 Å². The summed E-state index contributed by atoms with van der Waals surface area (Å²) in [6.07, 6.45) is 57.1. The Hall–Kier alpha value is -0.790. The van der Waals surface area contributed by atoms with Crippen LogP contribution < -0.4 is 0 Å². The highest BCUT2D eigenvalue weighted by atomic mass is 16.5. The Bertz CT molecular complexity index is 669. The minimum Gasteiger partial charge on any atom is -0.459 e. The molecule has 0 saturated carbocycles. The summed E-state index contributed by atoms with van der Waals surface area (Å²) in [4.78, 5) is 12.2. The summed E-state index contributed by atoms with van der Waals surface area (Å²) in [5.41, 5.74) is 0.533. The lowest BCUT2D eigenvalue weighted by molar-refractivity contribution is -0.145. The second-order valence-corrected chi connectivity index (χ2v) is 16.5. The molecule has 0 aliphatic heterocycles. The van der Waals surface area contributed by atoms with Crippen molar-refractivity contribution in [1.82, 2.24) is 0 Å². The van der Waals surface area contributed by atoms with Crippen LogP contribution in [0.3, 0.4) is 0 Å². The van der Waals surface area contributed by atoms with Crippen LogP contribution in [0.1, 0.15) is 284 Å². The lowest BCUT2D eigenvalue weighted by atomic mass is 10.0. The van der Waals surface area contributed by atoms with Crippen LogP contribution in [0, 0.1) is 0 Å². The Morgan fingerprint density at radius 2 is 0.540 bits per heavy atom. The van der Waals surface area contributed by atoms with E-state index in [1.165, 1.54) is 250 Å². The maximum Gasteiger partial charge on any atom is 0.333 e. The van der Waals surface area contributed by atoms with Crippen LogP contribution >= 0.6 is 0 Å². The molecule has 0 N–H and O–H groups in total. The summed E-state index contributed by atoms with van der Waals surface area (Å²) in [7, 11) is 0. The van der Waals surface area contributed by atoms with Gasteiger partial charge in [-0.05, 0) is 32.6 Å². The number of carbonyl (C=O) groups excluding carboxylic acids is 1. The summed E-state index contributed by atoms with van der Waals surface area (Å²) in [6.45, 7) is 10.2. The van der Waals surface area contributed by atoms with Gasteiger partial charge < -0.3 is 4.74 Å². The van der Waals surface area contributed by atoms with E-state index in [0.717, 1.165) is 12.8 Å². The van der Waals surface area contributed by atoms with Gasteiger partial charge in [-0.3, -0.25) is 0 Å². The van der Waals surface area contributed by atoms with E-state index < -0.39 is 0 Å². The third-order valence-electron chi connectivity index (χ3n) is 11.1. The lowest BCUT2D eigenvalue weighted by Crippen LogP contribution is -2.18. The quantitative estimate of drug-likeness (QED) is 0.0359. The Labute approximate surface area is 316 Å². The molecule has 50 heavy (non-hydrogen) atoms. The minimum atomic E-state index is -0.194. The molecule has 0 radical (unpaired) electrons. The first-order valence-corrected chi connectivity index (χ1v) is 23.5. The van der Waals surface area contributed by atoms with Crippen molar-refractivity contribution in [2.24, 2.45) is 0 Å². The predicted octanol–water partition coefficient (Wildman–Crippen LogP) is 17.5. The normalized spacial score (nSPS) is 12.1. The molecule has 1 unspecified atom stereocenters. The second-order valence-electron chi connectivity index (χ2n) is 16.5. The monoisotopic (exact) mass is 703 g/mol. The molecule has 0 aliphatic carbocycles. The first-order valence-electron chi connectivity index (χ1n) is 23.5. The second kappa shape index (κ2) is 42.6. The maximum absolute atomic E-state index is 12.2. The fraction of sp³-hybridized carbons (Fsp3) is 0.938. The average Bonchev–Trinajstić information content (AvgIpc) is 3.11. The molecule has 298 valence electrons. The van der Waals surface area contributed by atoms with Crippen molar-refractivity contribution in [3.63, 3.8) is 0 Å². The SMILES string of the molecule is C=C(C)C(=O)OC(CCCCCCCCCCCCCCCCC)CCCCCCCCCCCCCCCCCCCCCCCCCC. The number of unbranched alkanes of at least 4 members (excludes halogenated alkanes) is 37. The molecule has 0 aromatic carbocycles. The van der Waals surface area contributed by atoms with Gasteiger partial charge in [-0.1, -0.05) is 258 Å². The molecule has 0 heterocycles. The van der Waals surface area contributed by atoms with E-state index >= 15 is 0 Å². The highest BCUT2D eigenvalue weighted by molar-refractivity contribution is 5.87. The molecule has 2 heteroatoms. The third kappa shape index (κ3) is 40.0. The standard InChI is InChI=1S/C48H94O2/c1-5-7-9-11-13-15-17-19-21-22-23-24-25-26-27-28-29-31-33-35-37-39-41-43-45-47(50-48(49)46(3)4)44-42-40-38-36-34-32-30-20-18-16-14-12-10-8-6-2/h47H,3,5-45H2,1-2,4H3. The van der Waals surface area contributed by atoms with Gasteiger partial charge >= 0.3 is 5.97 Å². The first kappa shape index (κ1) is 49.2. The summed E-state index contributed by atoms with van der Waals surface area (Å²) >= 11 is 0. The number of hydrogen-bond donors (Lipinski definition) is 0. The van der Waals surface area contributed by atoms with Crippen molar-refractivity contribution in [2.75, 3.05) is 0 Å². The van der Waals surface area contributed by atoms with Gasteiger partial charge in [0.25, 0.3) is 0 Å². The zero-order valence-electron chi connectivity index (χ0n) is 35.1. The molecule has 1 atom stereocenters. The molecule has 2 nitrogen and oxygen atoms in total. The smallest absolute Gasteiger partial charge is 0.333 e. The fourth-order valence-electron chi connectivity index (χ4n) is 7.59. The predicted molar refractivity (Wildman–Crippen MR) is 225 cm³/mol. The van der Waals surface area contributed by atoms with Gasteiger partial charge in [0, 0.05) is 5.57 Å². The summed E-state index contributed by atoms with van der Waals surface area (Å²) in [5, 5.41) is 0. The molecule has 0 aromatic heterocycles. The summed E-state index contributed by atoms with van der Waals surface area (Å²) < 4.78 is 5.84. The Morgan fingerprint density at radius 3 is 0.720 bits per heavy atom. The van der Waals surface area contributed by atoms with E-state index in [-0.39, 0.29) is 12.1 Å². The molecule has 0 spiro atoms. The molecule has 0 bridgehead atoms. The van der Waals surface area contributed by atoms with Crippen LogP contribution in [0.4, 0.5) is 0 Å². The molecule has 0 saturated heterocycles. The lowest BCUT2D eigenvalue weighted by Gasteiger charge is -2.18. The molecular formula is C48H94O2. The third-order valence-corrected chi connectivity index (χ3v) is 11.1. The van der Waals surface area contributed by atoms with Crippen molar-refractivity contribution in [2.45, 2.75) is 290 Å². The average molecular weight is 703 g/mol. The topological polar surface area (TPSA) is 26.3 Å². The highest BCUT2D eigenvalue weighted by Crippen LogP contribution is 2.20. The Kier molecular flexibility index (Phi) is 41.9. The van der Waals surface area contributed by atoms with Crippen LogP contribution in [-0.4, -0.2) is 12.1 Å². The van der Waals surface area contributed by atoms with Gasteiger partial charge in [-0.25, -0.2) is 4.79 Å². The van der Waals surface area contributed by atoms with E-state index in [4.69, 9.17) is 4.74 Å². The zero-order chi connectivity index (χ0) is 36.4. The van der Waals surface area contributed by atoms with E-state index in [1.807, 2.05) is 0 Å². The van der Waals surface area contributed by atoms with Gasteiger partial charge in [-0.15, -0.1) is 0 Å². The zero-order valence-corrected chi connectivity index (χ0v) is 35.1. The van der Waals surface area contributed by atoms with Crippen LogP contribution in [0.2, 0.25) is 0 Å². The number of carbonyl (C=O) groups is 1. The van der Waals surface area contributed by atoms with Crippen LogP contribution in [0.25, 0.3) is 0 Å². The van der Waals surface area contributed by atoms with E-state index in [1.54, 1.807) is 6.92 Å². The van der Waals surface area contributed by atoms with Crippen molar-refractivity contribution in [3.8, 4) is 0 Å². The molecule has 0 rings (SSSR count). The van der Waals surface area contributed by atoms with Gasteiger partial charge in [0.1, 0.15) is 6.10 Å². The molecule has 0 aliphatic rings. The van der Waals surface area contributed by atoms with Gasteiger partial charge in [-0.2, -0.15) is 0 Å². The van der Waals surface area contributed by atoms with Crippen molar-refractivity contribution >= 4 is 5.97 Å². The first-order chi connectivity index (χ1) is 24.6. The summed E-state index contributed by atoms with van der Waals surface area (Å²) in [5.74, 6) is -0.194. The minimum absolute atomic E-state index is 0.0842. The Balaban J connectivity index is 3.57. The molecule has 0 fully saturated rings. The number of hydrogen-bond acceptors (Lipinski definition) is 2.